The minimum absolute atomic E-state index is 1.04. The van der Waals surface area contributed by atoms with Crippen molar-refractivity contribution in [1.82, 2.24) is 14.1 Å². The first kappa shape index (κ1) is 23.1. The van der Waals surface area contributed by atoms with Gasteiger partial charge in [-0.1, -0.05) is 78.9 Å². The number of pyridine rings is 1. The fourth-order valence-electron chi connectivity index (χ4n) is 7.21. The van der Waals surface area contributed by atoms with E-state index >= 15 is 0 Å². The van der Waals surface area contributed by atoms with Gasteiger partial charge in [0.2, 0.25) is 0 Å². The Balaban J connectivity index is 1.51. The molecule has 0 saturated heterocycles. The van der Waals surface area contributed by atoms with Gasteiger partial charge in [0.15, 0.2) is 0 Å². The van der Waals surface area contributed by atoms with Crippen molar-refractivity contribution in [3.63, 3.8) is 0 Å². The molecule has 0 radical (unpaired) electrons. The van der Waals surface area contributed by atoms with Crippen molar-refractivity contribution in [2.75, 3.05) is 0 Å². The van der Waals surface area contributed by atoms with Crippen LogP contribution in [0.3, 0.4) is 0 Å². The molecule has 0 amide bonds. The third-order valence-corrected chi connectivity index (χ3v) is 10.1. The van der Waals surface area contributed by atoms with Crippen LogP contribution in [0.1, 0.15) is 0 Å². The molecule has 0 unspecified atom stereocenters. The first-order valence-corrected chi connectivity index (χ1v) is 15.4. The first-order valence-electron chi connectivity index (χ1n) is 14.6. The standard InChI is InChI=1S/C39H23N3S/c1-2-11-24(12-3-1)41-31-17-7-4-14-27(31)35-29-16-10-22-40-37(29)36-28-15-5-8-18-32(28)42(39(36)38(35)41)25-20-21-34-30(23-25)26-13-6-9-19-33(26)43-34/h1-23H. The lowest BCUT2D eigenvalue weighted by atomic mass is 10.0. The molecule has 3 nitrogen and oxygen atoms in total. The van der Waals surface area contributed by atoms with Crippen LogP contribution in [0.4, 0.5) is 0 Å². The molecule has 4 aromatic heterocycles. The largest absolute Gasteiger partial charge is 0.307 e. The van der Waals surface area contributed by atoms with Gasteiger partial charge in [-0.15, -0.1) is 11.3 Å². The predicted molar refractivity (Wildman–Crippen MR) is 183 cm³/mol. The van der Waals surface area contributed by atoms with E-state index in [9.17, 15) is 0 Å². The van der Waals surface area contributed by atoms with Crippen molar-refractivity contribution in [3.8, 4) is 11.4 Å². The van der Waals surface area contributed by atoms with Crippen molar-refractivity contribution < 1.29 is 0 Å². The smallest absolute Gasteiger partial charge is 0.0811 e. The lowest BCUT2D eigenvalue weighted by Crippen LogP contribution is -1.99. The van der Waals surface area contributed by atoms with Crippen molar-refractivity contribution in [2.45, 2.75) is 0 Å². The molecule has 6 aromatic carbocycles. The molecule has 0 fully saturated rings. The molecule has 0 atom stereocenters. The molecule has 10 rings (SSSR count). The Morgan fingerprint density at radius 1 is 0.442 bits per heavy atom. The maximum absolute atomic E-state index is 5.07. The number of rotatable bonds is 2. The van der Waals surface area contributed by atoms with Crippen LogP contribution in [0.2, 0.25) is 0 Å². The number of nitrogens with zero attached hydrogens (tertiary/aromatic N) is 3. The summed E-state index contributed by atoms with van der Waals surface area (Å²) in [6.45, 7) is 0. The van der Waals surface area contributed by atoms with E-state index in [2.05, 4.69) is 143 Å². The Hall–Kier alpha value is -5.45. The van der Waals surface area contributed by atoms with Gasteiger partial charge >= 0.3 is 0 Å². The van der Waals surface area contributed by atoms with Gasteiger partial charge in [0, 0.05) is 64.7 Å². The van der Waals surface area contributed by atoms with Crippen LogP contribution in [0.25, 0.3) is 86.1 Å². The third-order valence-electron chi connectivity index (χ3n) is 8.92. The molecule has 0 aliphatic heterocycles. The van der Waals surface area contributed by atoms with Gasteiger partial charge in [0.25, 0.3) is 0 Å². The lowest BCUT2D eigenvalue weighted by Gasteiger charge is -2.14. The van der Waals surface area contributed by atoms with Gasteiger partial charge in [0.1, 0.15) is 0 Å². The number of hydrogen-bond donors (Lipinski definition) is 0. The monoisotopic (exact) mass is 565 g/mol. The van der Waals surface area contributed by atoms with Gasteiger partial charge in [-0.3, -0.25) is 4.98 Å². The van der Waals surface area contributed by atoms with Crippen molar-refractivity contribution in [3.05, 3.63) is 140 Å². The Kier molecular flexibility index (Phi) is 4.60. The van der Waals surface area contributed by atoms with Crippen molar-refractivity contribution >= 4 is 86.0 Å². The predicted octanol–water partition coefficient (Wildman–Crippen LogP) is 10.8. The number of hydrogen-bond acceptors (Lipinski definition) is 2. The number of thiophene rings is 1. The van der Waals surface area contributed by atoms with Crippen molar-refractivity contribution in [2.24, 2.45) is 0 Å². The number of aromatic nitrogens is 3. The van der Waals surface area contributed by atoms with E-state index < -0.39 is 0 Å². The fourth-order valence-corrected chi connectivity index (χ4v) is 8.30. The zero-order valence-corrected chi connectivity index (χ0v) is 23.8. The molecule has 4 heteroatoms. The summed E-state index contributed by atoms with van der Waals surface area (Å²) in [7, 11) is 0. The highest BCUT2D eigenvalue weighted by molar-refractivity contribution is 7.25. The number of benzene rings is 6. The topological polar surface area (TPSA) is 22.8 Å². The average molecular weight is 566 g/mol. The average Bonchev–Trinajstić information content (AvgIpc) is 3.73. The van der Waals surface area contributed by atoms with Gasteiger partial charge in [-0.25, -0.2) is 0 Å². The minimum Gasteiger partial charge on any atom is -0.307 e. The molecular weight excluding hydrogens is 543 g/mol. The van der Waals surface area contributed by atoms with Crippen LogP contribution in [0, 0.1) is 0 Å². The molecule has 200 valence electrons. The molecule has 4 heterocycles. The molecule has 0 saturated carbocycles. The highest BCUT2D eigenvalue weighted by Gasteiger charge is 2.25. The molecule has 43 heavy (non-hydrogen) atoms. The zero-order chi connectivity index (χ0) is 28.1. The van der Waals surface area contributed by atoms with E-state index in [1.54, 1.807) is 0 Å². The summed E-state index contributed by atoms with van der Waals surface area (Å²) in [5, 5.41) is 8.65. The van der Waals surface area contributed by atoms with Gasteiger partial charge in [0.05, 0.1) is 27.6 Å². The first-order chi connectivity index (χ1) is 21.4. The Labute approximate surface area is 250 Å². The van der Waals surface area contributed by atoms with Crippen LogP contribution in [-0.2, 0) is 0 Å². The van der Waals surface area contributed by atoms with E-state index in [0.29, 0.717) is 0 Å². The Morgan fingerprint density at radius 3 is 1.86 bits per heavy atom. The van der Waals surface area contributed by atoms with Gasteiger partial charge in [-0.05, 0) is 54.6 Å². The summed E-state index contributed by atoms with van der Waals surface area (Å²) in [5.41, 5.74) is 8.10. The molecule has 0 aliphatic carbocycles. The number of fused-ring (bicyclic) bond motifs is 13. The van der Waals surface area contributed by atoms with Crippen LogP contribution in [-0.4, -0.2) is 14.1 Å². The highest BCUT2D eigenvalue weighted by Crippen LogP contribution is 2.46. The lowest BCUT2D eigenvalue weighted by molar-refractivity contribution is 1.15. The highest BCUT2D eigenvalue weighted by atomic mass is 32.1. The molecule has 0 spiro atoms. The van der Waals surface area contributed by atoms with Crippen LogP contribution < -0.4 is 0 Å². The molecule has 0 aliphatic rings. The second-order valence-corrected chi connectivity index (χ2v) is 12.2. The molecule has 10 aromatic rings. The summed E-state index contributed by atoms with van der Waals surface area (Å²) >= 11 is 1.86. The quantitative estimate of drug-likeness (QED) is 0.204. The summed E-state index contributed by atoms with van der Waals surface area (Å²) < 4.78 is 7.55. The van der Waals surface area contributed by atoms with E-state index in [4.69, 9.17) is 4.98 Å². The van der Waals surface area contributed by atoms with Crippen molar-refractivity contribution in [1.29, 1.82) is 0 Å². The third kappa shape index (κ3) is 3.05. The summed E-state index contributed by atoms with van der Waals surface area (Å²) in [4.78, 5) is 5.07. The Morgan fingerprint density at radius 2 is 1.05 bits per heavy atom. The zero-order valence-electron chi connectivity index (χ0n) is 23.0. The summed E-state index contributed by atoms with van der Waals surface area (Å²) in [5.74, 6) is 0. The van der Waals surface area contributed by atoms with Crippen LogP contribution >= 0.6 is 11.3 Å². The van der Waals surface area contributed by atoms with E-state index in [1.807, 2.05) is 17.5 Å². The Bertz CT molecular complexity index is 2730. The summed E-state index contributed by atoms with van der Waals surface area (Å²) in [6.07, 6.45) is 1.93. The second-order valence-electron chi connectivity index (χ2n) is 11.2. The van der Waals surface area contributed by atoms with Crippen LogP contribution in [0.15, 0.2) is 140 Å². The number of para-hydroxylation sites is 3. The SMILES string of the molecule is c1ccc(-n2c3ccccc3c3c4cccnc4c4c5ccccc5n(-c5ccc6sc7ccccc7c6c5)c4c32)cc1. The maximum atomic E-state index is 5.07. The molecule has 0 bridgehead atoms. The van der Waals surface area contributed by atoms with Gasteiger partial charge in [-0.2, -0.15) is 0 Å². The van der Waals surface area contributed by atoms with E-state index in [1.165, 1.54) is 69.2 Å². The fraction of sp³-hybridized carbons (Fsp3) is 0. The molecule has 0 N–H and O–H groups in total. The normalized spacial score (nSPS) is 12.2. The van der Waals surface area contributed by atoms with Crippen LogP contribution in [0.5, 0.6) is 0 Å². The minimum atomic E-state index is 1.04. The second kappa shape index (κ2) is 8.54. The van der Waals surface area contributed by atoms with Gasteiger partial charge < -0.3 is 9.13 Å². The summed E-state index contributed by atoms with van der Waals surface area (Å²) in [6, 6.07) is 48.3. The van der Waals surface area contributed by atoms with E-state index in [0.717, 1.165) is 16.9 Å². The molecular formula is C39H23N3S. The van der Waals surface area contributed by atoms with E-state index in [-0.39, 0.29) is 0 Å². The maximum Gasteiger partial charge on any atom is 0.0811 e.